The fourth-order valence-electron chi connectivity index (χ4n) is 2.60. The Balaban J connectivity index is 1.67. The number of carbonyl (C=O) groups is 1. The normalized spacial score (nSPS) is 12.2. The highest BCUT2D eigenvalue weighted by molar-refractivity contribution is 5.82. The highest BCUT2D eigenvalue weighted by atomic mass is 16.2. The van der Waals surface area contributed by atoms with Crippen LogP contribution in [0.4, 0.5) is 0 Å². The van der Waals surface area contributed by atoms with Crippen LogP contribution in [-0.4, -0.2) is 26.9 Å². The minimum atomic E-state index is -0.222. The number of pyridine rings is 1. The summed E-state index contributed by atoms with van der Waals surface area (Å²) in [7, 11) is 0. The van der Waals surface area contributed by atoms with Gasteiger partial charge in [-0.3, -0.25) is 9.59 Å². The Kier molecular flexibility index (Phi) is 4.23. The van der Waals surface area contributed by atoms with Crippen LogP contribution in [0.3, 0.4) is 0 Å². The van der Waals surface area contributed by atoms with Crippen molar-refractivity contribution in [1.82, 2.24) is 20.3 Å². The monoisotopic (exact) mass is 310 g/mol. The van der Waals surface area contributed by atoms with Crippen LogP contribution < -0.4 is 10.9 Å². The summed E-state index contributed by atoms with van der Waals surface area (Å²) in [6.45, 7) is 1.92. The molecule has 6 heteroatoms. The van der Waals surface area contributed by atoms with Crippen LogP contribution in [0, 0.1) is 0 Å². The topological polar surface area (TPSA) is 90.6 Å². The van der Waals surface area contributed by atoms with E-state index in [9.17, 15) is 9.59 Å². The molecule has 0 spiro atoms. The van der Waals surface area contributed by atoms with E-state index in [0.717, 1.165) is 16.6 Å². The van der Waals surface area contributed by atoms with E-state index >= 15 is 0 Å². The van der Waals surface area contributed by atoms with Crippen LogP contribution in [0.15, 0.2) is 47.7 Å². The average Bonchev–Trinajstić information content (AvgIpc) is 3.00. The van der Waals surface area contributed by atoms with Crippen molar-refractivity contribution in [3.63, 3.8) is 0 Å². The fourth-order valence-corrected chi connectivity index (χ4v) is 2.60. The lowest BCUT2D eigenvalue weighted by Crippen LogP contribution is -2.36. The molecule has 3 rings (SSSR count). The number of nitrogens with zero attached hydrogens (tertiary/aromatic N) is 1. The van der Waals surface area contributed by atoms with Gasteiger partial charge in [0.15, 0.2) is 0 Å². The summed E-state index contributed by atoms with van der Waals surface area (Å²) < 4.78 is 0. The maximum Gasteiger partial charge on any atom is 0.252 e. The minimum Gasteiger partial charge on any atom is -0.353 e. The van der Waals surface area contributed by atoms with Gasteiger partial charge in [0.1, 0.15) is 0 Å². The first-order chi connectivity index (χ1) is 11.1. The molecule has 0 aliphatic heterocycles. The molecular weight excluding hydrogens is 292 g/mol. The number of aromatic nitrogens is 3. The number of fused-ring (bicyclic) bond motifs is 1. The van der Waals surface area contributed by atoms with Crippen LogP contribution in [0.2, 0.25) is 0 Å². The molecule has 0 saturated carbocycles. The summed E-state index contributed by atoms with van der Waals surface area (Å²) in [6.07, 6.45) is 4.07. The predicted molar refractivity (Wildman–Crippen MR) is 88.2 cm³/mol. The number of hydrogen-bond donors (Lipinski definition) is 3. The van der Waals surface area contributed by atoms with Gasteiger partial charge in [-0.15, -0.1) is 0 Å². The molecule has 3 N–H and O–H groups in total. The highest BCUT2D eigenvalue weighted by Crippen LogP contribution is 2.10. The summed E-state index contributed by atoms with van der Waals surface area (Å²) in [5, 5.41) is 3.82. The summed E-state index contributed by atoms with van der Waals surface area (Å²) in [4.78, 5) is 34.0. The van der Waals surface area contributed by atoms with E-state index in [-0.39, 0.29) is 23.9 Å². The average molecular weight is 310 g/mol. The van der Waals surface area contributed by atoms with Gasteiger partial charge in [0.05, 0.1) is 12.7 Å². The second kappa shape index (κ2) is 6.48. The number of amides is 1. The second-order valence-electron chi connectivity index (χ2n) is 5.64. The van der Waals surface area contributed by atoms with Crippen LogP contribution in [0.25, 0.3) is 10.9 Å². The van der Waals surface area contributed by atoms with E-state index in [1.807, 2.05) is 31.2 Å². The van der Waals surface area contributed by atoms with E-state index in [1.165, 1.54) is 0 Å². The fraction of sp³-hybridized carbons (Fsp3) is 0.235. The number of benzene rings is 1. The van der Waals surface area contributed by atoms with Crippen molar-refractivity contribution < 1.29 is 4.79 Å². The molecule has 1 aromatic carbocycles. The molecule has 0 bridgehead atoms. The number of H-pyrrole nitrogens is 2. The summed E-state index contributed by atoms with van der Waals surface area (Å²) in [5.41, 5.74) is 1.98. The molecule has 0 saturated heterocycles. The van der Waals surface area contributed by atoms with Crippen LogP contribution in [0.5, 0.6) is 0 Å². The van der Waals surface area contributed by atoms with Crippen molar-refractivity contribution in [2.45, 2.75) is 25.8 Å². The van der Waals surface area contributed by atoms with Crippen molar-refractivity contribution in [3.05, 3.63) is 64.5 Å². The summed E-state index contributed by atoms with van der Waals surface area (Å²) >= 11 is 0. The zero-order chi connectivity index (χ0) is 16.2. The molecule has 2 heterocycles. The van der Waals surface area contributed by atoms with Gasteiger partial charge < -0.3 is 15.3 Å². The van der Waals surface area contributed by atoms with Gasteiger partial charge in [-0.05, 0) is 24.4 Å². The first-order valence-electron chi connectivity index (χ1n) is 7.49. The van der Waals surface area contributed by atoms with Crippen molar-refractivity contribution in [2.24, 2.45) is 0 Å². The van der Waals surface area contributed by atoms with Gasteiger partial charge in [0.25, 0.3) is 5.56 Å². The Labute approximate surface area is 133 Å². The van der Waals surface area contributed by atoms with Gasteiger partial charge >= 0.3 is 0 Å². The molecule has 23 heavy (non-hydrogen) atoms. The Bertz CT molecular complexity index is 868. The zero-order valence-electron chi connectivity index (χ0n) is 12.8. The Hall–Kier alpha value is -2.89. The van der Waals surface area contributed by atoms with E-state index in [0.29, 0.717) is 12.0 Å². The molecule has 0 fully saturated rings. The van der Waals surface area contributed by atoms with E-state index in [4.69, 9.17) is 0 Å². The number of carbonyl (C=O) groups excluding carboxylic acids is 1. The van der Waals surface area contributed by atoms with E-state index in [2.05, 4.69) is 20.3 Å². The van der Waals surface area contributed by atoms with Gasteiger partial charge in [-0.25, -0.2) is 4.98 Å². The third kappa shape index (κ3) is 3.66. The van der Waals surface area contributed by atoms with Crippen LogP contribution >= 0.6 is 0 Å². The van der Waals surface area contributed by atoms with Gasteiger partial charge in [-0.1, -0.05) is 18.2 Å². The summed E-state index contributed by atoms with van der Waals surface area (Å²) in [6, 6.07) is 9.25. The maximum absolute atomic E-state index is 12.1. The number of aromatic amines is 2. The minimum absolute atomic E-state index is 0.0394. The molecule has 3 aromatic rings. The van der Waals surface area contributed by atoms with E-state index < -0.39 is 0 Å². The van der Waals surface area contributed by atoms with Crippen molar-refractivity contribution >= 4 is 16.8 Å². The first kappa shape index (κ1) is 15.0. The molecule has 0 radical (unpaired) electrons. The van der Waals surface area contributed by atoms with Crippen LogP contribution in [0.1, 0.15) is 18.2 Å². The Morgan fingerprint density at radius 2 is 2.17 bits per heavy atom. The predicted octanol–water partition coefficient (Wildman–Crippen LogP) is 1.54. The van der Waals surface area contributed by atoms with Gasteiger partial charge in [0.2, 0.25) is 5.91 Å². The number of hydrogen-bond acceptors (Lipinski definition) is 3. The lowest BCUT2D eigenvalue weighted by Gasteiger charge is -2.13. The standard InChI is InChI=1S/C17H18N4O2/c1-11(6-14-9-18-10-19-14)20-16(22)8-13-7-12-4-2-3-5-15(12)21-17(13)23/h2-5,7,9-11H,6,8H2,1H3,(H,18,19)(H,20,22)(H,21,23). The number of imidazole rings is 1. The lowest BCUT2D eigenvalue weighted by atomic mass is 10.1. The van der Waals surface area contributed by atoms with Crippen LogP contribution in [-0.2, 0) is 17.6 Å². The van der Waals surface area contributed by atoms with Crippen molar-refractivity contribution in [1.29, 1.82) is 0 Å². The largest absolute Gasteiger partial charge is 0.353 e. The molecule has 0 aliphatic rings. The molecule has 1 atom stereocenters. The third-order valence-electron chi connectivity index (χ3n) is 3.67. The Morgan fingerprint density at radius 3 is 2.96 bits per heavy atom. The zero-order valence-corrected chi connectivity index (χ0v) is 12.8. The number of nitrogens with one attached hydrogen (secondary N) is 3. The number of rotatable bonds is 5. The van der Waals surface area contributed by atoms with E-state index in [1.54, 1.807) is 18.6 Å². The molecule has 6 nitrogen and oxygen atoms in total. The SMILES string of the molecule is CC(Cc1cnc[nH]1)NC(=O)Cc1cc2ccccc2[nH]c1=O. The first-order valence-corrected chi connectivity index (χ1v) is 7.49. The third-order valence-corrected chi connectivity index (χ3v) is 3.67. The lowest BCUT2D eigenvalue weighted by molar-refractivity contribution is -0.121. The highest BCUT2D eigenvalue weighted by Gasteiger charge is 2.12. The van der Waals surface area contributed by atoms with Crippen molar-refractivity contribution in [2.75, 3.05) is 0 Å². The molecular formula is C17H18N4O2. The summed E-state index contributed by atoms with van der Waals surface area (Å²) in [5.74, 6) is -0.169. The van der Waals surface area contributed by atoms with Gasteiger partial charge in [0, 0.05) is 35.4 Å². The molecule has 118 valence electrons. The van der Waals surface area contributed by atoms with Crippen molar-refractivity contribution in [3.8, 4) is 0 Å². The maximum atomic E-state index is 12.1. The smallest absolute Gasteiger partial charge is 0.252 e. The quantitative estimate of drug-likeness (QED) is 0.667. The number of para-hydroxylation sites is 1. The second-order valence-corrected chi connectivity index (χ2v) is 5.64. The Morgan fingerprint density at radius 1 is 1.35 bits per heavy atom. The molecule has 1 unspecified atom stereocenters. The molecule has 2 aromatic heterocycles. The molecule has 1 amide bonds. The van der Waals surface area contributed by atoms with Gasteiger partial charge in [-0.2, -0.15) is 0 Å². The molecule has 0 aliphatic carbocycles.